The number of ether oxygens (including phenoxy) is 1. The smallest absolute Gasteiger partial charge is 0.243 e. The summed E-state index contributed by atoms with van der Waals surface area (Å²) >= 11 is 0. The molecule has 31 heavy (non-hydrogen) atoms. The monoisotopic (exact) mass is 445 g/mol. The summed E-state index contributed by atoms with van der Waals surface area (Å²) in [6.45, 7) is 3.49. The number of likely N-dealkylation sites (N-methyl/N-ethyl adjacent to an activating group) is 2. The molecular formula is C22H27N3O5S. The standard InChI is InChI=1S/C22H27N3O5S/c1-22(2)18-12-17(10-11-19(18)25(4)21(22)27)31(28,29)24(3)14-20(26)23-13-15-6-8-16(30-5)9-7-15/h6-12H,13-14H2,1-5H3,(H,23,26). The minimum absolute atomic E-state index is 0.0490. The third-order valence-corrected chi connectivity index (χ3v) is 7.36. The van der Waals surface area contributed by atoms with Gasteiger partial charge in [0.15, 0.2) is 0 Å². The number of hydrogen-bond acceptors (Lipinski definition) is 5. The first-order chi connectivity index (χ1) is 14.5. The van der Waals surface area contributed by atoms with Crippen molar-refractivity contribution >= 4 is 27.5 Å². The highest BCUT2D eigenvalue weighted by Crippen LogP contribution is 2.41. The van der Waals surface area contributed by atoms with Gasteiger partial charge in [0, 0.05) is 26.3 Å². The Kier molecular flexibility index (Phi) is 6.11. The van der Waals surface area contributed by atoms with Crippen LogP contribution in [0.2, 0.25) is 0 Å². The fourth-order valence-electron chi connectivity index (χ4n) is 3.58. The summed E-state index contributed by atoms with van der Waals surface area (Å²) in [6, 6.07) is 11.8. The summed E-state index contributed by atoms with van der Waals surface area (Å²) in [5.41, 5.74) is 1.39. The van der Waals surface area contributed by atoms with Crippen LogP contribution in [0.3, 0.4) is 0 Å². The molecule has 0 saturated heterocycles. The Morgan fingerprint density at radius 1 is 1.16 bits per heavy atom. The van der Waals surface area contributed by atoms with Crippen molar-refractivity contribution in [3.8, 4) is 5.75 Å². The quantitative estimate of drug-likeness (QED) is 0.702. The van der Waals surface area contributed by atoms with E-state index in [1.165, 1.54) is 24.1 Å². The van der Waals surface area contributed by atoms with Crippen molar-refractivity contribution in [2.24, 2.45) is 0 Å². The molecule has 0 spiro atoms. The number of benzene rings is 2. The van der Waals surface area contributed by atoms with Crippen LogP contribution in [0.15, 0.2) is 47.4 Å². The fourth-order valence-corrected chi connectivity index (χ4v) is 4.73. The number of nitrogens with one attached hydrogen (secondary N) is 1. The van der Waals surface area contributed by atoms with E-state index in [2.05, 4.69) is 5.32 Å². The molecule has 0 saturated carbocycles. The SMILES string of the molecule is COc1ccc(CNC(=O)CN(C)S(=O)(=O)c2ccc3c(c2)C(C)(C)C(=O)N3C)cc1. The van der Waals surface area contributed by atoms with Crippen molar-refractivity contribution in [1.82, 2.24) is 9.62 Å². The normalized spacial score (nSPS) is 15.2. The molecule has 166 valence electrons. The molecule has 8 nitrogen and oxygen atoms in total. The second kappa shape index (κ2) is 8.32. The van der Waals surface area contributed by atoms with E-state index in [4.69, 9.17) is 4.74 Å². The van der Waals surface area contributed by atoms with E-state index in [9.17, 15) is 18.0 Å². The average molecular weight is 446 g/mol. The lowest BCUT2D eigenvalue weighted by molar-refractivity contribution is -0.122. The van der Waals surface area contributed by atoms with Crippen LogP contribution in [0.5, 0.6) is 5.75 Å². The minimum atomic E-state index is -3.91. The highest BCUT2D eigenvalue weighted by Gasteiger charge is 2.43. The highest BCUT2D eigenvalue weighted by atomic mass is 32.2. The molecule has 0 radical (unpaired) electrons. The van der Waals surface area contributed by atoms with Crippen LogP contribution >= 0.6 is 0 Å². The fraction of sp³-hybridized carbons (Fsp3) is 0.364. The number of methoxy groups -OCH3 is 1. The molecule has 1 heterocycles. The van der Waals surface area contributed by atoms with Crippen LogP contribution in [0.4, 0.5) is 5.69 Å². The van der Waals surface area contributed by atoms with E-state index in [0.29, 0.717) is 17.0 Å². The number of carbonyl (C=O) groups excluding carboxylic acids is 2. The van der Waals surface area contributed by atoms with E-state index in [1.54, 1.807) is 46.2 Å². The Morgan fingerprint density at radius 3 is 2.42 bits per heavy atom. The lowest BCUT2D eigenvalue weighted by atomic mass is 9.86. The molecule has 3 rings (SSSR count). The Morgan fingerprint density at radius 2 is 1.81 bits per heavy atom. The predicted octanol–water partition coefficient (Wildman–Crippen LogP) is 1.89. The number of nitrogens with zero attached hydrogens (tertiary/aromatic N) is 2. The van der Waals surface area contributed by atoms with Crippen LogP contribution in [0.1, 0.15) is 25.0 Å². The van der Waals surface area contributed by atoms with Gasteiger partial charge < -0.3 is 15.0 Å². The van der Waals surface area contributed by atoms with E-state index in [1.807, 2.05) is 12.1 Å². The molecular weight excluding hydrogens is 418 g/mol. The van der Waals surface area contributed by atoms with Gasteiger partial charge in [0.1, 0.15) is 5.75 Å². The van der Waals surface area contributed by atoms with Gasteiger partial charge in [-0.3, -0.25) is 9.59 Å². The topological polar surface area (TPSA) is 96.0 Å². The first-order valence-corrected chi connectivity index (χ1v) is 11.2. The van der Waals surface area contributed by atoms with Crippen molar-refractivity contribution < 1.29 is 22.7 Å². The number of sulfonamides is 1. The van der Waals surface area contributed by atoms with Crippen molar-refractivity contribution in [2.75, 3.05) is 32.6 Å². The average Bonchev–Trinajstić information content (AvgIpc) is 2.92. The maximum atomic E-state index is 13.0. The summed E-state index contributed by atoms with van der Waals surface area (Å²) in [6.07, 6.45) is 0. The van der Waals surface area contributed by atoms with Crippen molar-refractivity contribution in [1.29, 1.82) is 0 Å². The molecule has 9 heteroatoms. The first kappa shape index (κ1) is 22.8. The van der Waals surface area contributed by atoms with Crippen LogP contribution < -0.4 is 15.0 Å². The molecule has 2 amide bonds. The van der Waals surface area contributed by atoms with E-state index in [0.717, 1.165) is 9.87 Å². The third-order valence-electron chi connectivity index (χ3n) is 5.57. The molecule has 0 bridgehead atoms. The number of rotatable bonds is 7. The van der Waals surface area contributed by atoms with Crippen molar-refractivity contribution in [3.63, 3.8) is 0 Å². The summed E-state index contributed by atoms with van der Waals surface area (Å²) in [5.74, 6) is 0.202. The van der Waals surface area contributed by atoms with Crippen LogP contribution in [0.25, 0.3) is 0 Å². The number of hydrogen-bond donors (Lipinski definition) is 1. The number of fused-ring (bicyclic) bond motifs is 1. The molecule has 1 aliphatic rings. The Balaban J connectivity index is 1.70. The zero-order valence-corrected chi connectivity index (χ0v) is 19.1. The molecule has 1 N–H and O–H groups in total. The maximum Gasteiger partial charge on any atom is 0.243 e. The highest BCUT2D eigenvalue weighted by molar-refractivity contribution is 7.89. The molecule has 0 atom stereocenters. The van der Waals surface area contributed by atoms with Gasteiger partial charge in [-0.2, -0.15) is 4.31 Å². The van der Waals surface area contributed by atoms with Gasteiger partial charge in [-0.15, -0.1) is 0 Å². The molecule has 0 fully saturated rings. The molecule has 1 aliphatic heterocycles. The maximum absolute atomic E-state index is 13.0. The lowest BCUT2D eigenvalue weighted by Crippen LogP contribution is -2.38. The zero-order valence-electron chi connectivity index (χ0n) is 18.3. The van der Waals surface area contributed by atoms with E-state index >= 15 is 0 Å². The van der Waals surface area contributed by atoms with Gasteiger partial charge in [-0.25, -0.2) is 8.42 Å². The van der Waals surface area contributed by atoms with Crippen molar-refractivity contribution in [2.45, 2.75) is 30.7 Å². The molecule has 2 aromatic carbocycles. The Hall–Kier alpha value is -2.91. The van der Waals surface area contributed by atoms with Crippen LogP contribution in [-0.2, 0) is 31.6 Å². The molecule has 2 aromatic rings. The van der Waals surface area contributed by atoms with Crippen LogP contribution in [-0.4, -0.2) is 52.3 Å². The molecule has 0 aromatic heterocycles. The third kappa shape index (κ3) is 4.28. The number of amides is 2. The van der Waals surface area contributed by atoms with E-state index < -0.39 is 21.3 Å². The van der Waals surface area contributed by atoms with E-state index in [-0.39, 0.29) is 23.9 Å². The summed E-state index contributed by atoms with van der Waals surface area (Å²) < 4.78 is 32.1. The summed E-state index contributed by atoms with van der Waals surface area (Å²) in [7, 11) is 0.697. The van der Waals surface area contributed by atoms with Gasteiger partial charge in [-0.05, 0) is 55.3 Å². The Labute approximate surface area is 182 Å². The molecule has 0 aliphatic carbocycles. The summed E-state index contributed by atoms with van der Waals surface area (Å²) in [4.78, 5) is 26.3. The molecule has 0 unspecified atom stereocenters. The first-order valence-electron chi connectivity index (χ1n) is 9.77. The van der Waals surface area contributed by atoms with Crippen LogP contribution in [0, 0.1) is 0 Å². The second-order valence-electron chi connectivity index (χ2n) is 8.05. The zero-order chi connectivity index (χ0) is 23.0. The van der Waals surface area contributed by atoms with Crippen molar-refractivity contribution in [3.05, 3.63) is 53.6 Å². The van der Waals surface area contributed by atoms with Gasteiger partial charge in [-0.1, -0.05) is 12.1 Å². The van der Waals surface area contributed by atoms with Gasteiger partial charge in [0.2, 0.25) is 21.8 Å². The number of anilines is 1. The second-order valence-corrected chi connectivity index (χ2v) is 10.1. The minimum Gasteiger partial charge on any atom is -0.497 e. The van der Waals surface area contributed by atoms with Gasteiger partial charge in [0.05, 0.1) is 24.0 Å². The predicted molar refractivity (Wildman–Crippen MR) is 118 cm³/mol. The largest absolute Gasteiger partial charge is 0.497 e. The number of carbonyl (C=O) groups is 2. The lowest BCUT2D eigenvalue weighted by Gasteiger charge is -2.19. The summed E-state index contributed by atoms with van der Waals surface area (Å²) in [5, 5.41) is 2.72. The van der Waals surface area contributed by atoms with Gasteiger partial charge in [0.25, 0.3) is 0 Å². The Bertz CT molecular complexity index is 1110. The van der Waals surface area contributed by atoms with Gasteiger partial charge >= 0.3 is 0 Å².